The topological polar surface area (TPSA) is 94.7 Å². The van der Waals surface area contributed by atoms with E-state index in [0.29, 0.717) is 19.0 Å². The fourth-order valence-corrected chi connectivity index (χ4v) is 5.26. The number of fused-ring (bicyclic) bond motifs is 1. The minimum Gasteiger partial charge on any atom is -0.380 e. The SMILES string of the molecule is CNCCCOCCNc1nc(-c2nccn2C)nc2sc(-c3ccn(C)n3)c(-c3ccccc3)c12. The summed E-state index contributed by atoms with van der Waals surface area (Å²) in [6.07, 6.45) is 6.61. The van der Waals surface area contributed by atoms with Gasteiger partial charge in [-0.1, -0.05) is 30.3 Å². The van der Waals surface area contributed by atoms with Crippen molar-refractivity contribution in [2.75, 3.05) is 38.7 Å². The lowest BCUT2D eigenvalue weighted by Crippen LogP contribution is -2.14. The number of aromatic nitrogens is 6. The second kappa shape index (κ2) is 11.0. The van der Waals surface area contributed by atoms with Crippen LogP contribution in [0.3, 0.4) is 0 Å². The van der Waals surface area contributed by atoms with E-state index < -0.39 is 0 Å². The molecule has 0 amide bonds. The van der Waals surface area contributed by atoms with E-state index in [9.17, 15) is 0 Å². The Kier molecular flexibility index (Phi) is 7.36. The van der Waals surface area contributed by atoms with Crippen molar-refractivity contribution in [3.05, 3.63) is 55.0 Å². The van der Waals surface area contributed by atoms with Gasteiger partial charge in [-0.15, -0.1) is 11.3 Å². The highest BCUT2D eigenvalue weighted by molar-refractivity contribution is 7.22. The number of imidazole rings is 1. The number of hydrogen-bond acceptors (Lipinski definition) is 8. The zero-order chi connectivity index (χ0) is 24.9. The van der Waals surface area contributed by atoms with E-state index in [1.54, 1.807) is 17.5 Å². The van der Waals surface area contributed by atoms with Gasteiger partial charge in [-0.2, -0.15) is 5.10 Å². The fraction of sp³-hybridized carbons (Fsp3) is 0.308. The molecule has 0 saturated carbocycles. The lowest BCUT2D eigenvalue weighted by molar-refractivity contribution is 0.141. The summed E-state index contributed by atoms with van der Waals surface area (Å²) < 4.78 is 9.57. The molecule has 5 aromatic rings. The van der Waals surface area contributed by atoms with E-state index >= 15 is 0 Å². The number of benzene rings is 1. The molecule has 0 fully saturated rings. The van der Waals surface area contributed by atoms with Crippen molar-refractivity contribution in [3.8, 4) is 33.3 Å². The van der Waals surface area contributed by atoms with Gasteiger partial charge in [0.1, 0.15) is 16.3 Å². The van der Waals surface area contributed by atoms with Gasteiger partial charge in [0, 0.05) is 51.4 Å². The largest absolute Gasteiger partial charge is 0.380 e. The summed E-state index contributed by atoms with van der Waals surface area (Å²) in [7, 11) is 5.83. The van der Waals surface area contributed by atoms with Crippen molar-refractivity contribution < 1.29 is 4.74 Å². The van der Waals surface area contributed by atoms with Crippen LogP contribution in [-0.4, -0.2) is 62.7 Å². The normalized spacial score (nSPS) is 11.4. The number of hydrogen-bond donors (Lipinski definition) is 2. The van der Waals surface area contributed by atoms with Crippen LogP contribution in [0.5, 0.6) is 0 Å². The highest BCUT2D eigenvalue weighted by Crippen LogP contribution is 2.46. The molecule has 0 unspecified atom stereocenters. The molecule has 2 N–H and O–H groups in total. The first-order valence-electron chi connectivity index (χ1n) is 12.0. The van der Waals surface area contributed by atoms with E-state index in [2.05, 4.69) is 39.9 Å². The van der Waals surface area contributed by atoms with Crippen LogP contribution < -0.4 is 10.6 Å². The fourth-order valence-electron chi connectivity index (χ4n) is 4.10. The number of anilines is 1. The van der Waals surface area contributed by atoms with Crippen LogP contribution in [0.15, 0.2) is 55.0 Å². The summed E-state index contributed by atoms with van der Waals surface area (Å²) in [5, 5.41) is 12.4. The predicted molar refractivity (Wildman–Crippen MR) is 145 cm³/mol. The molecule has 36 heavy (non-hydrogen) atoms. The molecular formula is C26H30N8OS. The highest BCUT2D eigenvalue weighted by atomic mass is 32.1. The third-order valence-electron chi connectivity index (χ3n) is 5.84. The first-order chi connectivity index (χ1) is 17.7. The van der Waals surface area contributed by atoms with E-state index in [1.807, 2.05) is 54.9 Å². The van der Waals surface area contributed by atoms with Gasteiger partial charge >= 0.3 is 0 Å². The van der Waals surface area contributed by atoms with E-state index in [-0.39, 0.29) is 0 Å². The van der Waals surface area contributed by atoms with Crippen molar-refractivity contribution in [3.63, 3.8) is 0 Å². The molecule has 9 nitrogen and oxygen atoms in total. The Morgan fingerprint density at radius 3 is 2.58 bits per heavy atom. The summed E-state index contributed by atoms with van der Waals surface area (Å²) in [5.41, 5.74) is 3.10. The Labute approximate surface area is 214 Å². The average Bonchev–Trinajstić information content (AvgIpc) is 3.61. The maximum atomic E-state index is 5.81. The van der Waals surface area contributed by atoms with Crippen molar-refractivity contribution in [1.29, 1.82) is 0 Å². The maximum absolute atomic E-state index is 5.81. The Morgan fingerprint density at radius 2 is 1.86 bits per heavy atom. The maximum Gasteiger partial charge on any atom is 0.199 e. The minimum absolute atomic E-state index is 0.584. The number of nitrogens with one attached hydrogen (secondary N) is 2. The monoisotopic (exact) mass is 502 g/mol. The van der Waals surface area contributed by atoms with Crippen LogP contribution >= 0.6 is 11.3 Å². The number of thiophene rings is 1. The zero-order valence-electron chi connectivity index (χ0n) is 20.7. The summed E-state index contributed by atoms with van der Waals surface area (Å²) in [6, 6.07) is 12.4. The van der Waals surface area contributed by atoms with Gasteiger partial charge in [0.05, 0.1) is 16.9 Å². The predicted octanol–water partition coefficient (Wildman–Crippen LogP) is 4.20. The quantitative estimate of drug-likeness (QED) is 0.262. The van der Waals surface area contributed by atoms with Gasteiger partial charge in [0.15, 0.2) is 11.6 Å². The highest BCUT2D eigenvalue weighted by Gasteiger charge is 2.23. The van der Waals surface area contributed by atoms with Gasteiger partial charge in [-0.25, -0.2) is 15.0 Å². The first-order valence-corrected chi connectivity index (χ1v) is 12.8. The molecule has 186 valence electrons. The van der Waals surface area contributed by atoms with Crippen molar-refractivity contribution in [2.45, 2.75) is 6.42 Å². The molecule has 0 aliphatic rings. The lowest BCUT2D eigenvalue weighted by Gasteiger charge is -2.12. The van der Waals surface area contributed by atoms with Gasteiger partial charge in [0.2, 0.25) is 0 Å². The Bertz CT molecular complexity index is 1440. The summed E-state index contributed by atoms with van der Waals surface area (Å²) in [5.74, 6) is 2.08. The van der Waals surface area contributed by atoms with Crippen LogP contribution in [0, 0.1) is 0 Å². The first kappa shape index (κ1) is 24.1. The molecule has 1 aromatic carbocycles. The second-order valence-electron chi connectivity index (χ2n) is 8.48. The molecule has 0 spiro atoms. The number of aryl methyl sites for hydroxylation is 2. The van der Waals surface area contributed by atoms with Crippen molar-refractivity contribution in [2.24, 2.45) is 14.1 Å². The molecular weight excluding hydrogens is 472 g/mol. The molecule has 5 rings (SSSR count). The van der Waals surface area contributed by atoms with Crippen molar-refractivity contribution >= 4 is 27.4 Å². The second-order valence-corrected chi connectivity index (χ2v) is 9.48. The third-order valence-corrected chi connectivity index (χ3v) is 6.94. The summed E-state index contributed by atoms with van der Waals surface area (Å²) in [4.78, 5) is 16.4. The van der Waals surface area contributed by atoms with Crippen molar-refractivity contribution in [1.82, 2.24) is 34.6 Å². The third kappa shape index (κ3) is 5.01. The van der Waals surface area contributed by atoms with Crippen LogP contribution in [0.1, 0.15) is 6.42 Å². The smallest absolute Gasteiger partial charge is 0.199 e. The number of nitrogens with zero attached hydrogens (tertiary/aromatic N) is 6. The molecule has 4 heterocycles. The van der Waals surface area contributed by atoms with Gasteiger partial charge in [0.25, 0.3) is 0 Å². The van der Waals surface area contributed by atoms with Crippen LogP contribution in [0.25, 0.3) is 43.6 Å². The Hall–Kier alpha value is -3.60. The van der Waals surface area contributed by atoms with E-state index in [4.69, 9.17) is 19.8 Å². The van der Waals surface area contributed by atoms with E-state index in [1.165, 1.54) is 0 Å². The molecule has 0 radical (unpaired) electrons. The molecule has 0 atom stereocenters. The average molecular weight is 503 g/mol. The summed E-state index contributed by atoms with van der Waals surface area (Å²) in [6.45, 7) is 2.88. The molecule has 4 aromatic heterocycles. The lowest BCUT2D eigenvalue weighted by atomic mass is 10.0. The van der Waals surface area contributed by atoms with Gasteiger partial charge in [-0.05, 0) is 31.6 Å². The molecule has 10 heteroatoms. The molecule has 0 aliphatic heterocycles. The van der Waals surface area contributed by atoms with Gasteiger partial charge < -0.3 is 19.9 Å². The van der Waals surface area contributed by atoms with Crippen LogP contribution in [-0.2, 0) is 18.8 Å². The summed E-state index contributed by atoms with van der Waals surface area (Å²) >= 11 is 1.63. The standard InChI is InChI=1S/C26H30N8OS/c1-27-11-7-16-35-17-13-28-23-21-20(18-8-5-4-6-9-18)22(19-10-14-34(3)32-19)36-26(21)31-24(30-23)25-29-12-15-33(25)2/h4-6,8-10,12,14-15,27H,7,11,13,16-17H2,1-3H3,(H,28,30,31). The number of rotatable bonds is 11. The zero-order valence-corrected chi connectivity index (χ0v) is 21.5. The van der Waals surface area contributed by atoms with Crippen LogP contribution in [0.2, 0.25) is 0 Å². The number of ether oxygens (including phenoxy) is 1. The molecule has 0 saturated heterocycles. The Morgan fingerprint density at radius 1 is 1.00 bits per heavy atom. The Balaban J connectivity index is 1.61. The van der Waals surface area contributed by atoms with Crippen LogP contribution in [0.4, 0.5) is 5.82 Å². The minimum atomic E-state index is 0.584. The van der Waals surface area contributed by atoms with E-state index in [0.717, 1.165) is 63.1 Å². The molecule has 0 aliphatic carbocycles. The molecule has 0 bridgehead atoms. The van der Waals surface area contributed by atoms with Gasteiger partial charge in [-0.3, -0.25) is 4.68 Å².